The van der Waals surface area contributed by atoms with Gasteiger partial charge in [0.05, 0.1) is 17.6 Å². The van der Waals surface area contributed by atoms with Gasteiger partial charge in [-0.2, -0.15) is 0 Å². The summed E-state index contributed by atoms with van der Waals surface area (Å²) in [5.74, 6) is 0. The molecular formula is C17H23N3. The number of hydrogen-bond donors (Lipinski definition) is 1. The molecule has 0 saturated heterocycles. The van der Waals surface area contributed by atoms with Crippen LogP contribution in [-0.4, -0.2) is 12.0 Å². The van der Waals surface area contributed by atoms with Crippen LogP contribution in [0, 0.1) is 6.92 Å². The van der Waals surface area contributed by atoms with E-state index in [0.717, 1.165) is 24.3 Å². The van der Waals surface area contributed by atoms with E-state index in [1.54, 1.807) is 0 Å². The smallest absolute Gasteiger partial charge is 0.0572 e. The summed E-state index contributed by atoms with van der Waals surface area (Å²) in [6.07, 6.45) is 2.81. The molecule has 1 heterocycles. The van der Waals surface area contributed by atoms with E-state index in [1.165, 1.54) is 11.1 Å². The van der Waals surface area contributed by atoms with Gasteiger partial charge in [0.15, 0.2) is 0 Å². The van der Waals surface area contributed by atoms with Crippen molar-refractivity contribution in [2.45, 2.75) is 32.9 Å². The summed E-state index contributed by atoms with van der Waals surface area (Å²) in [6.45, 7) is 5.07. The number of benzene rings is 1. The first-order chi connectivity index (χ1) is 9.60. The normalized spacial score (nSPS) is 12.2. The first kappa shape index (κ1) is 14.5. The Bertz CT molecular complexity index is 548. The number of anilines is 1. The highest BCUT2D eigenvalue weighted by molar-refractivity contribution is 5.44. The summed E-state index contributed by atoms with van der Waals surface area (Å²) in [5.41, 5.74) is 10.7. The van der Waals surface area contributed by atoms with Crippen LogP contribution in [0.25, 0.3) is 0 Å². The van der Waals surface area contributed by atoms with Gasteiger partial charge in [0.25, 0.3) is 0 Å². The molecule has 0 fully saturated rings. The maximum Gasteiger partial charge on any atom is 0.0572 e. The summed E-state index contributed by atoms with van der Waals surface area (Å²) < 4.78 is 0. The zero-order chi connectivity index (χ0) is 14.5. The fourth-order valence-electron chi connectivity index (χ4n) is 2.23. The molecule has 1 unspecified atom stereocenters. The molecular weight excluding hydrogens is 246 g/mol. The topological polar surface area (TPSA) is 42.1 Å². The molecule has 0 amide bonds. The molecule has 1 aromatic carbocycles. The van der Waals surface area contributed by atoms with E-state index < -0.39 is 0 Å². The van der Waals surface area contributed by atoms with E-state index in [2.05, 4.69) is 61.1 Å². The fraction of sp³-hybridized carbons (Fsp3) is 0.353. The third-order valence-corrected chi connectivity index (χ3v) is 3.53. The van der Waals surface area contributed by atoms with Crippen LogP contribution in [0.1, 0.15) is 36.2 Å². The number of pyridine rings is 1. The van der Waals surface area contributed by atoms with Crippen molar-refractivity contribution in [2.24, 2.45) is 5.73 Å². The molecule has 0 aliphatic rings. The van der Waals surface area contributed by atoms with Crippen molar-refractivity contribution in [1.29, 1.82) is 0 Å². The van der Waals surface area contributed by atoms with Crippen LogP contribution in [0.4, 0.5) is 5.69 Å². The van der Waals surface area contributed by atoms with Gasteiger partial charge in [-0.25, -0.2) is 0 Å². The second-order valence-electron chi connectivity index (χ2n) is 5.30. The first-order valence-corrected chi connectivity index (χ1v) is 7.08. The van der Waals surface area contributed by atoms with Crippen molar-refractivity contribution < 1.29 is 0 Å². The van der Waals surface area contributed by atoms with E-state index in [1.807, 2.05) is 12.3 Å². The summed E-state index contributed by atoms with van der Waals surface area (Å²) in [7, 11) is 2.08. The summed E-state index contributed by atoms with van der Waals surface area (Å²) in [5, 5.41) is 0. The molecule has 0 saturated carbocycles. The third-order valence-electron chi connectivity index (χ3n) is 3.53. The first-order valence-electron chi connectivity index (χ1n) is 7.08. The zero-order valence-electron chi connectivity index (χ0n) is 12.5. The quantitative estimate of drug-likeness (QED) is 0.904. The lowest BCUT2D eigenvalue weighted by molar-refractivity contribution is 0.675. The monoisotopic (exact) mass is 269 g/mol. The standard InChI is InChI=1S/C17H23N3/c1-4-16(18)17-9-8-15(11-19-17)20(3)12-14-7-5-6-13(2)10-14/h5-11,16H,4,12,18H2,1-3H3. The van der Waals surface area contributed by atoms with Gasteiger partial charge < -0.3 is 10.6 Å². The van der Waals surface area contributed by atoms with Crippen LogP contribution >= 0.6 is 0 Å². The SMILES string of the molecule is CCC(N)c1ccc(N(C)Cc2cccc(C)c2)cn1. The molecule has 2 aromatic rings. The highest BCUT2D eigenvalue weighted by atomic mass is 15.1. The fourth-order valence-corrected chi connectivity index (χ4v) is 2.23. The van der Waals surface area contributed by atoms with Crippen molar-refractivity contribution in [3.63, 3.8) is 0 Å². The van der Waals surface area contributed by atoms with Crippen LogP contribution in [0.15, 0.2) is 42.6 Å². The largest absolute Gasteiger partial charge is 0.369 e. The number of nitrogens with zero attached hydrogens (tertiary/aromatic N) is 2. The Balaban J connectivity index is 2.07. The molecule has 106 valence electrons. The Morgan fingerprint density at radius 2 is 2.05 bits per heavy atom. The number of nitrogens with two attached hydrogens (primary N) is 1. The van der Waals surface area contributed by atoms with Crippen molar-refractivity contribution in [3.05, 3.63) is 59.4 Å². The molecule has 0 bridgehead atoms. The Morgan fingerprint density at radius 3 is 2.65 bits per heavy atom. The zero-order valence-corrected chi connectivity index (χ0v) is 12.5. The molecule has 3 nitrogen and oxygen atoms in total. The van der Waals surface area contributed by atoms with Gasteiger partial charge in [0, 0.05) is 19.6 Å². The predicted molar refractivity (Wildman–Crippen MR) is 84.7 cm³/mol. The number of hydrogen-bond acceptors (Lipinski definition) is 3. The van der Waals surface area contributed by atoms with Crippen molar-refractivity contribution in [2.75, 3.05) is 11.9 Å². The van der Waals surface area contributed by atoms with E-state index in [9.17, 15) is 0 Å². The Morgan fingerprint density at radius 1 is 1.25 bits per heavy atom. The molecule has 0 aliphatic heterocycles. The van der Waals surface area contributed by atoms with E-state index in [-0.39, 0.29) is 6.04 Å². The van der Waals surface area contributed by atoms with Crippen molar-refractivity contribution >= 4 is 5.69 Å². The molecule has 0 radical (unpaired) electrons. The molecule has 0 spiro atoms. The number of aryl methyl sites for hydroxylation is 1. The second-order valence-corrected chi connectivity index (χ2v) is 5.30. The Hall–Kier alpha value is -1.87. The lowest BCUT2D eigenvalue weighted by Crippen LogP contribution is -2.17. The van der Waals surface area contributed by atoms with Gasteiger partial charge in [0.1, 0.15) is 0 Å². The van der Waals surface area contributed by atoms with Crippen LogP contribution < -0.4 is 10.6 Å². The van der Waals surface area contributed by atoms with Gasteiger partial charge >= 0.3 is 0 Å². The molecule has 2 N–H and O–H groups in total. The third kappa shape index (κ3) is 3.58. The molecule has 0 aliphatic carbocycles. The van der Waals surface area contributed by atoms with Crippen LogP contribution in [0.5, 0.6) is 0 Å². The number of aromatic nitrogens is 1. The van der Waals surface area contributed by atoms with Crippen molar-refractivity contribution in [1.82, 2.24) is 4.98 Å². The lowest BCUT2D eigenvalue weighted by Gasteiger charge is -2.20. The molecule has 20 heavy (non-hydrogen) atoms. The Labute approximate surface area is 121 Å². The van der Waals surface area contributed by atoms with E-state index in [4.69, 9.17) is 5.73 Å². The predicted octanol–water partition coefficient (Wildman–Crippen LogP) is 3.44. The van der Waals surface area contributed by atoms with Gasteiger partial charge in [-0.1, -0.05) is 36.8 Å². The van der Waals surface area contributed by atoms with Gasteiger partial charge in [0.2, 0.25) is 0 Å². The summed E-state index contributed by atoms with van der Waals surface area (Å²) >= 11 is 0. The number of rotatable bonds is 5. The maximum atomic E-state index is 5.98. The van der Waals surface area contributed by atoms with E-state index in [0.29, 0.717) is 0 Å². The van der Waals surface area contributed by atoms with E-state index >= 15 is 0 Å². The molecule has 2 rings (SSSR count). The molecule has 3 heteroatoms. The molecule has 1 aromatic heterocycles. The maximum absolute atomic E-state index is 5.98. The van der Waals surface area contributed by atoms with Crippen LogP contribution in [-0.2, 0) is 6.54 Å². The minimum absolute atomic E-state index is 0.0335. The minimum Gasteiger partial charge on any atom is -0.369 e. The van der Waals surface area contributed by atoms with Gasteiger partial charge in [-0.3, -0.25) is 4.98 Å². The van der Waals surface area contributed by atoms with Crippen LogP contribution in [0.2, 0.25) is 0 Å². The van der Waals surface area contributed by atoms with Crippen molar-refractivity contribution in [3.8, 4) is 0 Å². The van der Waals surface area contributed by atoms with Gasteiger partial charge in [-0.15, -0.1) is 0 Å². The average molecular weight is 269 g/mol. The Kier molecular flexibility index (Phi) is 4.74. The minimum atomic E-state index is 0.0335. The highest BCUT2D eigenvalue weighted by Crippen LogP contribution is 2.18. The summed E-state index contributed by atoms with van der Waals surface area (Å²) in [6, 6.07) is 12.7. The lowest BCUT2D eigenvalue weighted by atomic mass is 10.1. The second kappa shape index (κ2) is 6.53. The summed E-state index contributed by atoms with van der Waals surface area (Å²) in [4.78, 5) is 6.66. The van der Waals surface area contributed by atoms with Gasteiger partial charge in [-0.05, 0) is 31.0 Å². The highest BCUT2D eigenvalue weighted by Gasteiger charge is 2.07. The average Bonchev–Trinajstić information content (AvgIpc) is 2.46. The molecule has 1 atom stereocenters. The van der Waals surface area contributed by atoms with Crippen LogP contribution in [0.3, 0.4) is 0 Å².